The smallest absolute Gasteiger partial charge is 0.395 e. The number of ether oxygens (including phenoxy) is 1. The fourth-order valence-electron chi connectivity index (χ4n) is 3.49. The Labute approximate surface area is 176 Å². The van der Waals surface area contributed by atoms with Crippen LogP contribution in [-0.4, -0.2) is 40.1 Å². The summed E-state index contributed by atoms with van der Waals surface area (Å²) in [5.41, 5.74) is -4.21. The van der Waals surface area contributed by atoms with Crippen LogP contribution in [0, 0.1) is 12.8 Å². The molecule has 0 amide bonds. The van der Waals surface area contributed by atoms with Gasteiger partial charge in [-0.05, 0) is 44.2 Å². The molecule has 0 N–H and O–H groups in total. The van der Waals surface area contributed by atoms with E-state index in [4.69, 9.17) is 9.57 Å². The lowest BCUT2D eigenvalue weighted by Crippen LogP contribution is -2.42. The lowest BCUT2D eigenvalue weighted by Gasteiger charge is -2.27. The molecule has 1 aliphatic carbocycles. The van der Waals surface area contributed by atoms with Crippen molar-refractivity contribution in [1.29, 1.82) is 0 Å². The molecule has 2 rings (SSSR count). The highest BCUT2D eigenvalue weighted by molar-refractivity contribution is 7.93. The number of nitrogens with zero attached hydrogens (tertiary/aromatic N) is 2. The van der Waals surface area contributed by atoms with Gasteiger partial charge in [0, 0.05) is 12.7 Å². The van der Waals surface area contributed by atoms with E-state index < -0.39 is 22.3 Å². The summed E-state index contributed by atoms with van der Waals surface area (Å²) in [7, 11) is -4.52. The lowest BCUT2D eigenvalue weighted by molar-refractivity contribution is -0.0443. The molecule has 1 aromatic carbocycles. The third-order valence-electron chi connectivity index (χ3n) is 5.11. The summed E-state index contributed by atoms with van der Waals surface area (Å²) in [5, 5.41) is 4.17. The van der Waals surface area contributed by atoms with Crippen molar-refractivity contribution in [2.75, 3.05) is 24.8 Å². The van der Waals surface area contributed by atoms with Crippen LogP contribution in [-0.2, 0) is 19.6 Å². The van der Waals surface area contributed by atoms with Crippen LogP contribution in [0.3, 0.4) is 0 Å². The lowest BCUT2D eigenvalue weighted by atomic mass is 9.90. The van der Waals surface area contributed by atoms with E-state index in [9.17, 15) is 21.6 Å². The van der Waals surface area contributed by atoms with Crippen molar-refractivity contribution in [3.63, 3.8) is 0 Å². The number of methoxy groups -OCH3 is 1. The number of rotatable bonds is 9. The topological polar surface area (TPSA) is 68.2 Å². The van der Waals surface area contributed by atoms with E-state index in [0.29, 0.717) is 24.7 Å². The van der Waals surface area contributed by atoms with Crippen LogP contribution < -0.4 is 4.31 Å². The maximum atomic E-state index is 13.3. The Kier molecular flexibility index (Phi) is 8.54. The molecule has 0 spiro atoms. The maximum Gasteiger partial charge on any atom is 0.516 e. The van der Waals surface area contributed by atoms with Gasteiger partial charge in [-0.25, -0.2) is 4.31 Å². The molecule has 0 unspecified atom stereocenters. The number of oxime groups is 1. The molecule has 10 heteroatoms. The van der Waals surface area contributed by atoms with Gasteiger partial charge in [-0.15, -0.1) is 0 Å². The summed E-state index contributed by atoms with van der Waals surface area (Å²) in [4.78, 5) is 5.53. The van der Waals surface area contributed by atoms with Crippen molar-refractivity contribution in [3.8, 4) is 0 Å². The predicted molar refractivity (Wildman–Crippen MR) is 110 cm³/mol. The molecule has 0 atom stereocenters. The number of aryl methyl sites for hydroxylation is 1. The zero-order chi connectivity index (χ0) is 22.4. The fraction of sp³-hybridized carbons (Fsp3) is 0.650. The number of hydrogen-bond acceptors (Lipinski definition) is 5. The minimum atomic E-state index is -5.66. The van der Waals surface area contributed by atoms with Gasteiger partial charge in [-0.2, -0.15) is 21.6 Å². The number of sulfonamides is 1. The molecule has 1 aromatic rings. The molecule has 0 aromatic heterocycles. The summed E-state index contributed by atoms with van der Waals surface area (Å²) in [6.45, 7) is 3.21. The van der Waals surface area contributed by atoms with E-state index in [1.54, 1.807) is 26.0 Å². The van der Waals surface area contributed by atoms with Gasteiger partial charge < -0.3 is 9.57 Å². The van der Waals surface area contributed by atoms with Crippen LogP contribution in [0.5, 0.6) is 0 Å². The maximum absolute atomic E-state index is 13.3. The second-order valence-electron chi connectivity index (χ2n) is 7.43. The molecule has 0 heterocycles. The Balaban J connectivity index is 2.40. The van der Waals surface area contributed by atoms with Crippen LogP contribution in [0.25, 0.3) is 0 Å². The Hall–Kier alpha value is -1.81. The van der Waals surface area contributed by atoms with E-state index in [1.165, 1.54) is 12.5 Å². The normalized spacial score (nSPS) is 16.5. The summed E-state index contributed by atoms with van der Waals surface area (Å²) < 4.78 is 69.1. The third-order valence-corrected chi connectivity index (χ3v) is 6.57. The molecule has 170 valence electrons. The van der Waals surface area contributed by atoms with E-state index >= 15 is 0 Å². The van der Waals surface area contributed by atoms with E-state index in [0.717, 1.165) is 38.4 Å². The van der Waals surface area contributed by atoms with E-state index in [1.807, 2.05) is 0 Å². The largest absolute Gasteiger partial charge is 0.516 e. The molecule has 1 aliphatic rings. The average Bonchev–Trinajstić information content (AvgIpc) is 2.69. The highest BCUT2D eigenvalue weighted by Crippen LogP contribution is 2.34. The highest BCUT2D eigenvalue weighted by Gasteiger charge is 2.50. The molecule has 30 heavy (non-hydrogen) atoms. The first kappa shape index (κ1) is 24.5. The van der Waals surface area contributed by atoms with Gasteiger partial charge in [-0.3, -0.25) is 0 Å². The van der Waals surface area contributed by atoms with Crippen molar-refractivity contribution in [2.24, 2.45) is 11.1 Å². The summed E-state index contributed by atoms with van der Waals surface area (Å²) in [5.74, 6) is 0.410. The quantitative estimate of drug-likeness (QED) is 0.303. The number of halogens is 3. The number of benzene rings is 1. The van der Waals surface area contributed by atoms with Crippen LogP contribution in [0.1, 0.15) is 56.6 Å². The Morgan fingerprint density at radius 1 is 1.23 bits per heavy atom. The second-order valence-corrected chi connectivity index (χ2v) is 9.28. The SMILES string of the molecule is CC/C(=N\OCC1CCCCC1)c1cc(C)ccc1N(COC)S(=O)(=O)C(F)(F)F. The molecule has 0 saturated heterocycles. The van der Waals surface area contributed by atoms with Gasteiger partial charge in [0.2, 0.25) is 0 Å². The van der Waals surface area contributed by atoms with Crippen molar-refractivity contribution in [3.05, 3.63) is 29.3 Å². The molecular weight excluding hydrogens is 421 g/mol. The highest BCUT2D eigenvalue weighted by atomic mass is 32.2. The first-order valence-corrected chi connectivity index (χ1v) is 11.4. The Morgan fingerprint density at radius 2 is 1.90 bits per heavy atom. The predicted octanol–water partition coefficient (Wildman–Crippen LogP) is 4.97. The van der Waals surface area contributed by atoms with Gasteiger partial charge in [0.1, 0.15) is 13.3 Å². The summed E-state index contributed by atoms with van der Waals surface area (Å²) in [6, 6.07) is 4.49. The minimum Gasteiger partial charge on any atom is -0.395 e. The van der Waals surface area contributed by atoms with Crippen molar-refractivity contribution < 1.29 is 31.2 Å². The fourth-order valence-corrected chi connectivity index (χ4v) is 4.40. The number of anilines is 1. The van der Waals surface area contributed by atoms with E-state index in [2.05, 4.69) is 5.16 Å². The minimum absolute atomic E-state index is 0.151. The van der Waals surface area contributed by atoms with Gasteiger partial charge in [0.15, 0.2) is 0 Å². The van der Waals surface area contributed by atoms with Gasteiger partial charge in [0.25, 0.3) is 0 Å². The Bertz CT molecular complexity index is 835. The summed E-state index contributed by atoms with van der Waals surface area (Å²) >= 11 is 0. The molecule has 1 fully saturated rings. The molecule has 0 aliphatic heterocycles. The van der Waals surface area contributed by atoms with Crippen molar-refractivity contribution >= 4 is 21.4 Å². The molecule has 0 radical (unpaired) electrons. The van der Waals surface area contributed by atoms with Gasteiger partial charge in [0.05, 0.1) is 11.4 Å². The number of alkyl halides is 3. The van der Waals surface area contributed by atoms with E-state index in [-0.39, 0.29) is 15.6 Å². The van der Waals surface area contributed by atoms with Crippen molar-refractivity contribution in [2.45, 2.75) is 57.9 Å². The number of hydrogen-bond donors (Lipinski definition) is 0. The molecule has 1 saturated carbocycles. The van der Waals surface area contributed by atoms with Crippen LogP contribution in [0.2, 0.25) is 0 Å². The molecule has 0 bridgehead atoms. The van der Waals surface area contributed by atoms with Gasteiger partial charge >= 0.3 is 15.5 Å². The van der Waals surface area contributed by atoms with Crippen LogP contribution >= 0.6 is 0 Å². The standard InChI is InChI=1S/C20H29F3N2O4S/c1-4-18(24-29-13-16-8-6-5-7-9-16)17-12-15(2)10-11-19(17)25(14-28-3)30(26,27)20(21,22)23/h10-12,16H,4-9,13-14H2,1-3H3/b24-18+. The summed E-state index contributed by atoms with van der Waals surface area (Å²) in [6.07, 6.45) is 6.02. The second kappa shape index (κ2) is 10.5. The molecular formula is C20H29F3N2O4S. The molecule has 6 nitrogen and oxygen atoms in total. The van der Waals surface area contributed by atoms with Crippen molar-refractivity contribution in [1.82, 2.24) is 0 Å². The average molecular weight is 451 g/mol. The monoisotopic (exact) mass is 450 g/mol. The van der Waals surface area contributed by atoms with Crippen LogP contribution in [0.4, 0.5) is 18.9 Å². The third kappa shape index (κ3) is 5.87. The van der Waals surface area contributed by atoms with Gasteiger partial charge in [-0.1, -0.05) is 43.0 Å². The Morgan fingerprint density at radius 3 is 2.47 bits per heavy atom. The first-order valence-electron chi connectivity index (χ1n) is 9.99. The van der Waals surface area contributed by atoms with Crippen LogP contribution in [0.15, 0.2) is 23.4 Å². The zero-order valence-corrected chi connectivity index (χ0v) is 18.4. The first-order chi connectivity index (χ1) is 14.1. The zero-order valence-electron chi connectivity index (χ0n) is 17.5.